The maximum atomic E-state index is 12.7. The van der Waals surface area contributed by atoms with Crippen LogP contribution in [0.3, 0.4) is 0 Å². The van der Waals surface area contributed by atoms with Crippen LogP contribution in [-0.2, 0) is 12.8 Å². The average molecular weight is 278 g/mol. The molecule has 1 N–H and O–H groups in total. The fraction of sp³-hybridized carbons (Fsp3) is 0.667. The summed E-state index contributed by atoms with van der Waals surface area (Å²) < 4.78 is 0. The second-order valence-electron chi connectivity index (χ2n) is 5.75. The maximum Gasteiger partial charge on any atom is 0.264 e. The van der Waals surface area contributed by atoms with E-state index in [1.807, 2.05) is 4.90 Å². The molecule has 19 heavy (non-hydrogen) atoms. The predicted molar refractivity (Wildman–Crippen MR) is 78.9 cm³/mol. The first-order valence-corrected chi connectivity index (χ1v) is 8.14. The maximum absolute atomic E-state index is 12.7. The summed E-state index contributed by atoms with van der Waals surface area (Å²) in [6, 6.07) is 2.81. The van der Waals surface area contributed by atoms with Gasteiger partial charge in [-0.15, -0.1) is 11.3 Å². The highest BCUT2D eigenvalue weighted by molar-refractivity contribution is 7.14. The van der Waals surface area contributed by atoms with Crippen molar-refractivity contribution in [3.63, 3.8) is 0 Å². The Morgan fingerprint density at radius 3 is 2.95 bits per heavy atom. The molecule has 1 aliphatic carbocycles. The van der Waals surface area contributed by atoms with E-state index >= 15 is 0 Å². The minimum atomic E-state index is 0.236. The fourth-order valence-electron chi connectivity index (χ4n) is 3.08. The van der Waals surface area contributed by atoms with Crippen molar-refractivity contribution in [3.05, 3.63) is 21.4 Å². The van der Waals surface area contributed by atoms with Gasteiger partial charge in [0.25, 0.3) is 5.91 Å². The molecule has 2 unspecified atom stereocenters. The van der Waals surface area contributed by atoms with Crippen LogP contribution < -0.4 is 5.32 Å². The molecule has 2 aliphatic rings. The molecule has 2 atom stereocenters. The third kappa shape index (κ3) is 2.43. The van der Waals surface area contributed by atoms with E-state index in [2.05, 4.69) is 25.2 Å². The standard InChI is InChI=1S/C15H22N2OS/c1-10-11(2)17(8-7-16-10)15(18)14-9-12-5-3-4-6-13(12)19-14/h9-11,16H,3-8H2,1-2H3. The third-order valence-electron chi connectivity index (χ3n) is 4.50. The van der Waals surface area contributed by atoms with Crippen molar-refractivity contribution < 1.29 is 4.79 Å². The Bertz CT molecular complexity index is 459. The van der Waals surface area contributed by atoms with Crippen molar-refractivity contribution in [1.82, 2.24) is 10.2 Å². The van der Waals surface area contributed by atoms with Gasteiger partial charge in [-0.3, -0.25) is 4.79 Å². The van der Waals surface area contributed by atoms with Gasteiger partial charge >= 0.3 is 0 Å². The Morgan fingerprint density at radius 1 is 1.37 bits per heavy atom. The summed E-state index contributed by atoms with van der Waals surface area (Å²) in [6.07, 6.45) is 4.88. The molecule has 3 rings (SSSR count). The normalized spacial score (nSPS) is 27.2. The Hall–Kier alpha value is -0.870. The van der Waals surface area contributed by atoms with Gasteiger partial charge in [0.1, 0.15) is 0 Å². The van der Waals surface area contributed by atoms with Crippen molar-refractivity contribution in [2.45, 2.75) is 51.6 Å². The van der Waals surface area contributed by atoms with Crippen LogP contribution in [0.2, 0.25) is 0 Å². The number of hydrogen-bond donors (Lipinski definition) is 1. The topological polar surface area (TPSA) is 32.3 Å². The lowest BCUT2D eigenvalue weighted by molar-refractivity contribution is 0.0608. The number of nitrogens with one attached hydrogen (secondary N) is 1. The first-order valence-electron chi connectivity index (χ1n) is 7.33. The van der Waals surface area contributed by atoms with E-state index in [1.165, 1.54) is 29.7 Å². The zero-order valence-electron chi connectivity index (χ0n) is 11.7. The van der Waals surface area contributed by atoms with E-state index in [0.29, 0.717) is 6.04 Å². The summed E-state index contributed by atoms with van der Waals surface area (Å²) in [7, 11) is 0. The minimum Gasteiger partial charge on any atom is -0.332 e. The van der Waals surface area contributed by atoms with Crippen molar-refractivity contribution in [3.8, 4) is 0 Å². The molecule has 2 heterocycles. The molecule has 0 saturated carbocycles. The molecule has 1 aromatic rings. The molecule has 0 radical (unpaired) electrons. The molecule has 0 bridgehead atoms. The summed E-state index contributed by atoms with van der Waals surface area (Å²) in [6.45, 7) is 6.03. The Labute approximate surface area is 119 Å². The Kier molecular flexibility index (Phi) is 3.63. The van der Waals surface area contributed by atoms with Crippen LogP contribution in [0.25, 0.3) is 0 Å². The molecular weight excluding hydrogens is 256 g/mol. The number of carbonyl (C=O) groups excluding carboxylic acids is 1. The lowest BCUT2D eigenvalue weighted by Crippen LogP contribution is -2.57. The largest absolute Gasteiger partial charge is 0.332 e. The van der Waals surface area contributed by atoms with E-state index in [-0.39, 0.29) is 11.9 Å². The molecule has 0 aromatic carbocycles. The van der Waals surface area contributed by atoms with Crippen molar-refractivity contribution in [1.29, 1.82) is 0 Å². The zero-order valence-corrected chi connectivity index (χ0v) is 12.6. The summed E-state index contributed by atoms with van der Waals surface area (Å²) in [4.78, 5) is 17.1. The average Bonchev–Trinajstić information content (AvgIpc) is 2.85. The van der Waals surface area contributed by atoms with Crippen molar-refractivity contribution >= 4 is 17.2 Å². The summed E-state index contributed by atoms with van der Waals surface area (Å²) in [5.41, 5.74) is 1.43. The monoisotopic (exact) mass is 278 g/mol. The van der Waals surface area contributed by atoms with Gasteiger partial charge in [-0.1, -0.05) is 0 Å². The lowest BCUT2D eigenvalue weighted by Gasteiger charge is -2.38. The van der Waals surface area contributed by atoms with Gasteiger partial charge < -0.3 is 10.2 Å². The van der Waals surface area contributed by atoms with E-state index in [1.54, 1.807) is 11.3 Å². The van der Waals surface area contributed by atoms with Gasteiger partial charge in [-0.25, -0.2) is 0 Å². The smallest absolute Gasteiger partial charge is 0.264 e. The second kappa shape index (κ2) is 5.25. The highest BCUT2D eigenvalue weighted by atomic mass is 32.1. The van der Waals surface area contributed by atoms with Crippen molar-refractivity contribution in [2.24, 2.45) is 0 Å². The van der Waals surface area contributed by atoms with E-state index in [0.717, 1.165) is 24.4 Å². The van der Waals surface area contributed by atoms with Gasteiger partial charge in [-0.2, -0.15) is 0 Å². The van der Waals surface area contributed by atoms with Gasteiger partial charge in [0.15, 0.2) is 0 Å². The molecular formula is C15H22N2OS. The summed E-state index contributed by atoms with van der Waals surface area (Å²) in [5, 5.41) is 3.43. The Balaban J connectivity index is 1.81. The van der Waals surface area contributed by atoms with Crippen LogP contribution in [0, 0.1) is 0 Å². The van der Waals surface area contributed by atoms with Gasteiger partial charge in [-0.05, 0) is 51.2 Å². The molecule has 104 valence electrons. The number of hydrogen-bond acceptors (Lipinski definition) is 3. The fourth-order valence-corrected chi connectivity index (χ4v) is 4.29. The molecule has 3 nitrogen and oxygen atoms in total. The van der Waals surface area contributed by atoms with Crippen LogP contribution in [0.5, 0.6) is 0 Å². The number of fused-ring (bicyclic) bond motifs is 1. The van der Waals surface area contributed by atoms with Gasteiger partial charge in [0, 0.05) is 30.1 Å². The first-order chi connectivity index (χ1) is 9.16. The molecule has 1 saturated heterocycles. The van der Waals surface area contributed by atoms with Crippen LogP contribution in [0.4, 0.5) is 0 Å². The summed E-state index contributed by atoms with van der Waals surface area (Å²) in [5.74, 6) is 0.236. The van der Waals surface area contributed by atoms with E-state index in [4.69, 9.17) is 0 Å². The number of carbonyl (C=O) groups is 1. The zero-order chi connectivity index (χ0) is 13.4. The van der Waals surface area contributed by atoms with Crippen LogP contribution >= 0.6 is 11.3 Å². The molecule has 4 heteroatoms. The second-order valence-corrected chi connectivity index (χ2v) is 6.88. The first kappa shape index (κ1) is 13.1. The van der Waals surface area contributed by atoms with E-state index < -0.39 is 0 Å². The van der Waals surface area contributed by atoms with Crippen LogP contribution in [-0.4, -0.2) is 36.0 Å². The number of aryl methyl sites for hydroxylation is 2. The molecule has 1 aliphatic heterocycles. The van der Waals surface area contributed by atoms with Crippen LogP contribution in [0.1, 0.15) is 46.8 Å². The van der Waals surface area contributed by atoms with Gasteiger partial charge in [0.2, 0.25) is 0 Å². The minimum absolute atomic E-state index is 0.236. The molecule has 0 spiro atoms. The van der Waals surface area contributed by atoms with Crippen molar-refractivity contribution in [2.75, 3.05) is 13.1 Å². The number of piperazine rings is 1. The van der Waals surface area contributed by atoms with Gasteiger partial charge in [0.05, 0.1) is 4.88 Å². The number of thiophene rings is 1. The number of amides is 1. The Morgan fingerprint density at radius 2 is 2.16 bits per heavy atom. The lowest BCUT2D eigenvalue weighted by atomic mass is 9.99. The summed E-state index contributed by atoms with van der Waals surface area (Å²) >= 11 is 1.73. The highest BCUT2D eigenvalue weighted by Gasteiger charge is 2.30. The van der Waals surface area contributed by atoms with Crippen LogP contribution in [0.15, 0.2) is 6.07 Å². The SMILES string of the molecule is CC1NCCN(C(=O)c2cc3c(s2)CCCC3)C1C. The number of nitrogens with zero attached hydrogens (tertiary/aromatic N) is 1. The predicted octanol–water partition coefficient (Wildman–Crippen LogP) is 2.45. The molecule has 1 fully saturated rings. The van der Waals surface area contributed by atoms with E-state index in [9.17, 15) is 4.79 Å². The molecule has 1 aromatic heterocycles. The quantitative estimate of drug-likeness (QED) is 0.856. The number of rotatable bonds is 1. The third-order valence-corrected chi connectivity index (χ3v) is 5.73. The molecule has 1 amide bonds. The highest BCUT2D eigenvalue weighted by Crippen LogP contribution is 2.31.